The van der Waals surface area contributed by atoms with E-state index < -0.39 is 43.1 Å². The molecule has 0 aromatic heterocycles. The molecule has 0 aliphatic carbocycles. The lowest BCUT2D eigenvalue weighted by atomic mass is 9.99. The Morgan fingerprint density at radius 2 is 1.75 bits per heavy atom. The van der Waals surface area contributed by atoms with Crippen molar-refractivity contribution >= 4 is 0 Å². The second-order valence-electron chi connectivity index (χ2n) is 6.57. The molecule has 2 aromatic rings. The van der Waals surface area contributed by atoms with Crippen LogP contribution in [0, 0.1) is 5.82 Å². The normalized spacial score (nSPS) is 27.4. The van der Waals surface area contributed by atoms with Crippen molar-refractivity contribution in [1.82, 2.24) is 0 Å². The molecule has 0 radical (unpaired) electrons. The first-order valence-electron chi connectivity index (χ1n) is 8.82. The Morgan fingerprint density at radius 1 is 1.00 bits per heavy atom. The summed E-state index contributed by atoms with van der Waals surface area (Å²) in [7, 11) is 1.39. The highest BCUT2D eigenvalue weighted by Gasteiger charge is 2.44. The zero-order valence-corrected chi connectivity index (χ0v) is 15.2. The Hall–Kier alpha value is -2.23. The Balaban J connectivity index is 1.79. The summed E-state index contributed by atoms with van der Waals surface area (Å²) in [5.41, 5.74) is 1.38. The highest BCUT2D eigenvalue weighted by atomic mass is 19.1. The largest absolute Gasteiger partial charge is 0.494 e. The maximum absolute atomic E-state index is 14.0. The summed E-state index contributed by atoms with van der Waals surface area (Å²) in [5.74, 6) is 0.0324. The molecule has 152 valence electrons. The average Bonchev–Trinajstić information content (AvgIpc) is 2.70. The number of halogens is 1. The van der Waals surface area contributed by atoms with E-state index in [1.807, 2.05) is 0 Å². The first-order chi connectivity index (χ1) is 13.4. The summed E-state index contributed by atoms with van der Waals surface area (Å²) < 4.78 is 30.0. The van der Waals surface area contributed by atoms with E-state index in [4.69, 9.17) is 14.2 Å². The lowest BCUT2D eigenvalue weighted by molar-refractivity contribution is -0.277. The van der Waals surface area contributed by atoms with Crippen LogP contribution in [0.4, 0.5) is 4.39 Å². The van der Waals surface area contributed by atoms with Crippen LogP contribution in [0.5, 0.6) is 11.5 Å². The number of methoxy groups -OCH3 is 1. The number of aliphatic hydroxyl groups is 4. The van der Waals surface area contributed by atoms with Gasteiger partial charge in [-0.2, -0.15) is 0 Å². The Bertz CT molecular complexity index is 798. The highest BCUT2D eigenvalue weighted by molar-refractivity contribution is 5.39. The number of hydrogen-bond donors (Lipinski definition) is 4. The minimum Gasteiger partial charge on any atom is -0.494 e. The molecule has 3 rings (SSSR count). The molecular weight excluding hydrogens is 371 g/mol. The Kier molecular flexibility index (Phi) is 6.48. The van der Waals surface area contributed by atoms with E-state index in [-0.39, 0.29) is 5.75 Å². The predicted octanol–water partition coefficient (Wildman–Crippen LogP) is 0.604. The molecule has 7 nitrogen and oxygen atoms in total. The van der Waals surface area contributed by atoms with E-state index in [9.17, 15) is 24.8 Å². The van der Waals surface area contributed by atoms with Crippen LogP contribution in [0.3, 0.4) is 0 Å². The van der Waals surface area contributed by atoms with Crippen molar-refractivity contribution in [3.8, 4) is 11.5 Å². The summed E-state index contributed by atoms with van der Waals surface area (Å²) in [4.78, 5) is 0. The van der Waals surface area contributed by atoms with E-state index in [2.05, 4.69) is 0 Å². The standard InChI is InChI=1S/C20H23FO7/c1-26-15-7-6-11(9-13(15)21)8-12-4-2-3-5-14(12)27-20-19(25)18(24)17(23)16(10-22)28-20/h2-7,9,16-20,22-25H,8,10H2,1H3/t16-,17-,18+,19-,20+/m1/s1. The first-order valence-corrected chi connectivity index (χ1v) is 8.82. The second-order valence-corrected chi connectivity index (χ2v) is 6.57. The van der Waals surface area contributed by atoms with Gasteiger partial charge in [0.1, 0.15) is 30.2 Å². The smallest absolute Gasteiger partial charge is 0.229 e. The highest BCUT2D eigenvalue weighted by Crippen LogP contribution is 2.28. The van der Waals surface area contributed by atoms with Gasteiger partial charge >= 0.3 is 0 Å². The molecule has 1 aliphatic heterocycles. The molecular formula is C20H23FO7. The van der Waals surface area contributed by atoms with Crippen molar-refractivity contribution in [2.45, 2.75) is 37.1 Å². The maximum atomic E-state index is 14.0. The molecule has 1 fully saturated rings. The predicted molar refractivity (Wildman–Crippen MR) is 96.6 cm³/mol. The van der Waals surface area contributed by atoms with Crippen LogP contribution in [0.1, 0.15) is 11.1 Å². The fourth-order valence-electron chi connectivity index (χ4n) is 3.09. The fourth-order valence-corrected chi connectivity index (χ4v) is 3.09. The molecule has 28 heavy (non-hydrogen) atoms. The van der Waals surface area contributed by atoms with Gasteiger partial charge in [-0.15, -0.1) is 0 Å². The minimum atomic E-state index is -1.53. The van der Waals surface area contributed by atoms with Gasteiger partial charge in [0, 0.05) is 6.42 Å². The molecule has 0 amide bonds. The summed E-state index contributed by atoms with van der Waals surface area (Å²) in [6, 6.07) is 11.6. The zero-order valence-electron chi connectivity index (χ0n) is 15.2. The van der Waals surface area contributed by atoms with Crippen molar-refractivity contribution < 1.29 is 39.0 Å². The molecule has 5 atom stereocenters. The van der Waals surface area contributed by atoms with Crippen molar-refractivity contribution in [2.75, 3.05) is 13.7 Å². The molecule has 8 heteroatoms. The van der Waals surface area contributed by atoms with Crippen LogP contribution in [-0.2, 0) is 11.2 Å². The number of rotatable bonds is 6. The van der Waals surface area contributed by atoms with Gasteiger partial charge in [0.2, 0.25) is 6.29 Å². The zero-order chi connectivity index (χ0) is 20.3. The molecule has 0 bridgehead atoms. The van der Waals surface area contributed by atoms with Crippen LogP contribution in [-0.4, -0.2) is 64.8 Å². The van der Waals surface area contributed by atoms with Gasteiger partial charge in [-0.1, -0.05) is 24.3 Å². The monoisotopic (exact) mass is 394 g/mol. The van der Waals surface area contributed by atoms with Crippen LogP contribution >= 0.6 is 0 Å². The summed E-state index contributed by atoms with van der Waals surface area (Å²) in [6.07, 6.45) is -6.51. The van der Waals surface area contributed by atoms with Crippen molar-refractivity contribution in [3.63, 3.8) is 0 Å². The van der Waals surface area contributed by atoms with Gasteiger partial charge in [0.25, 0.3) is 0 Å². The number of benzene rings is 2. The van der Waals surface area contributed by atoms with Gasteiger partial charge in [0.05, 0.1) is 13.7 Å². The molecule has 4 N–H and O–H groups in total. The number of aliphatic hydroxyl groups excluding tert-OH is 4. The minimum absolute atomic E-state index is 0.148. The van der Waals surface area contributed by atoms with Crippen LogP contribution in [0.15, 0.2) is 42.5 Å². The average molecular weight is 394 g/mol. The molecule has 0 spiro atoms. The lowest BCUT2D eigenvalue weighted by Gasteiger charge is -2.39. The van der Waals surface area contributed by atoms with E-state index >= 15 is 0 Å². The number of ether oxygens (including phenoxy) is 3. The lowest BCUT2D eigenvalue weighted by Crippen LogP contribution is -2.60. The van der Waals surface area contributed by atoms with E-state index in [1.165, 1.54) is 19.2 Å². The Morgan fingerprint density at radius 3 is 2.43 bits per heavy atom. The summed E-state index contributed by atoms with van der Waals surface area (Å²) >= 11 is 0. The van der Waals surface area contributed by atoms with Gasteiger partial charge in [0.15, 0.2) is 11.6 Å². The second kappa shape index (κ2) is 8.85. The molecule has 0 unspecified atom stereocenters. The number of para-hydroxylation sites is 1. The third-order valence-electron chi connectivity index (χ3n) is 4.67. The summed E-state index contributed by atoms with van der Waals surface area (Å²) in [6.45, 7) is -0.544. The third-order valence-corrected chi connectivity index (χ3v) is 4.67. The van der Waals surface area contributed by atoms with Gasteiger partial charge in [-0.25, -0.2) is 4.39 Å². The van der Waals surface area contributed by atoms with E-state index in [0.717, 1.165) is 0 Å². The quantitative estimate of drug-likeness (QED) is 0.568. The van der Waals surface area contributed by atoms with Crippen LogP contribution in [0.2, 0.25) is 0 Å². The first kappa shape index (κ1) is 20.5. The Labute approximate surface area is 161 Å². The van der Waals surface area contributed by atoms with Crippen molar-refractivity contribution in [3.05, 3.63) is 59.4 Å². The molecule has 0 saturated carbocycles. The molecule has 1 saturated heterocycles. The van der Waals surface area contributed by atoms with Crippen LogP contribution in [0.25, 0.3) is 0 Å². The molecule has 1 aliphatic rings. The SMILES string of the molecule is COc1ccc(Cc2ccccc2O[C@H]2O[C@H](CO)[C@@H](O)[C@H](O)[C@H]2O)cc1F. The summed E-state index contributed by atoms with van der Waals surface area (Å²) in [5, 5.41) is 39.2. The third kappa shape index (κ3) is 4.26. The van der Waals surface area contributed by atoms with E-state index in [1.54, 1.807) is 30.3 Å². The molecule has 2 aromatic carbocycles. The maximum Gasteiger partial charge on any atom is 0.229 e. The van der Waals surface area contributed by atoms with Gasteiger partial charge in [-0.3, -0.25) is 0 Å². The molecule has 1 heterocycles. The number of hydrogen-bond acceptors (Lipinski definition) is 7. The van der Waals surface area contributed by atoms with Crippen LogP contribution < -0.4 is 9.47 Å². The van der Waals surface area contributed by atoms with Gasteiger partial charge < -0.3 is 34.6 Å². The topological polar surface area (TPSA) is 109 Å². The fraction of sp³-hybridized carbons (Fsp3) is 0.400. The van der Waals surface area contributed by atoms with Crippen molar-refractivity contribution in [2.24, 2.45) is 0 Å². The van der Waals surface area contributed by atoms with Gasteiger partial charge in [-0.05, 0) is 29.3 Å². The van der Waals surface area contributed by atoms with E-state index in [0.29, 0.717) is 23.3 Å². The van der Waals surface area contributed by atoms with Crippen molar-refractivity contribution in [1.29, 1.82) is 0 Å².